The Morgan fingerprint density at radius 1 is 1.83 bits per heavy atom. The summed E-state index contributed by atoms with van der Waals surface area (Å²) in [4.78, 5) is 10.9. The van der Waals surface area contributed by atoms with Gasteiger partial charge in [-0.05, 0) is 25.7 Å². The Balaban J connectivity index is 2.34. The molecular weight excluding hydrogens is 154 g/mol. The number of ether oxygens (including phenoxy) is 1. The third-order valence-electron chi connectivity index (χ3n) is 2.12. The summed E-state index contributed by atoms with van der Waals surface area (Å²) in [5.74, 6) is -0.317. The van der Waals surface area contributed by atoms with Gasteiger partial charge in [0, 0.05) is 0 Å². The Hall–Kier alpha value is -0.830. The average molecular weight is 169 g/mol. The number of carbonyl (C=O) groups excluding carboxylic acids is 1. The van der Waals surface area contributed by atoms with E-state index < -0.39 is 6.04 Å². The predicted octanol–water partition coefficient (Wildman–Crippen LogP) is 0.987. The van der Waals surface area contributed by atoms with Crippen molar-refractivity contribution in [3.8, 4) is 0 Å². The standard InChI is InChI=1S/C9H15NO2/c1-12-9(11)8(10)6-7-4-2-3-5-7/h4,8H,2-3,5-6,10H2,1H3/t8-/m0/s1. The lowest BCUT2D eigenvalue weighted by Gasteiger charge is -2.08. The van der Waals surface area contributed by atoms with E-state index >= 15 is 0 Å². The summed E-state index contributed by atoms with van der Waals surface area (Å²) in [7, 11) is 1.37. The Kier molecular flexibility index (Phi) is 3.29. The predicted molar refractivity (Wildman–Crippen MR) is 46.5 cm³/mol. The molecule has 0 aromatic carbocycles. The van der Waals surface area contributed by atoms with Crippen molar-refractivity contribution in [1.82, 2.24) is 0 Å². The van der Waals surface area contributed by atoms with Crippen LogP contribution in [0.5, 0.6) is 0 Å². The normalized spacial score (nSPS) is 18.7. The van der Waals surface area contributed by atoms with Gasteiger partial charge in [-0.2, -0.15) is 0 Å². The van der Waals surface area contributed by atoms with Gasteiger partial charge in [0.15, 0.2) is 0 Å². The first kappa shape index (κ1) is 9.26. The minimum Gasteiger partial charge on any atom is -0.468 e. The summed E-state index contributed by atoms with van der Waals surface area (Å²) >= 11 is 0. The van der Waals surface area contributed by atoms with E-state index in [0.717, 1.165) is 12.8 Å². The van der Waals surface area contributed by atoms with Gasteiger partial charge in [-0.1, -0.05) is 11.6 Å². The van der Waals surface area contributed by atoms with E-state index in [1.165, 1.54) is 19.1 Å². The van der Waals surface area contributed by atoms with E-state index in [0.29, 0.717) is 6.42 Å². The van der Waals surface area contributed by atoms with Crippen molar-refractivity contribution in [2.75, 3.05) is 7.11 Å². The summed E-state index contributed by atoms with van der Waals surface area (Å²) in [6.07, 6.45) is 6.24. The van der Waals surface area contributed by atoms with Crippen LogP contribution < -0.4 is 5.73 Å². The molecule has 1 rings (SSSR count). The van der Waals surface area contributed by atoms with E-state index in [2.05, 4.69) is 10.8 Å². The Labute approximate surface area is 72.6 Å². The zero-order valence-electron chi connectivity index (χ0n) is 7.38. The molecule has 68 valence electrons. The lowest BCUT2D eigenvalue weighted by molar-refractivity contribution is -0.142. The summed E-state index contributed by atoms with van der Waals surface area (Å²) in [6, 6.07) is -0.473. The van der Waals surface area contributed by atoms with Gasteiger partial charge in [-0.15, -0.1) is 0 Å². The van der Waals surface area contributed by atoms with Crippen LogP contribution >= 0.6 is 0 Å². The van der Waals surface area contributed by atoms with E-state index in [4.69, 9.17) is 5.73 Å². The molecule has 1 aliphatic rings. The number of carbonyl (C=O) groups is 1. The van der Waals surface area contributed by atoms with Crippen LogP contribution in [0.3, 0.4) is 0 Å². The molecule has 0 heterocycles. The zero-order valence-corrected chi connectivity index (χ0v) is 7.38. The SMILES string of the molecule is COC(=O)[C@@H](N)CC1=CCCC1. The third-order valence-corrected chi connectivity index (χ3v) is 2.12. The van der Waals surface area contributed by atoms with E-state index in [1.54, 1.807) is 0 Å². The largest absolute Gasteiger partial charge is 0.468 e. The number of esters is 1. The summed E-state index contributed by atoms with van der Waals surface area (Å²) in [6.45, 7) is 0. The quantitative estimate of drug-likeness (QED) is 0.506. The lowest BCUT2D eigenvalue weighted by atomic mass is 10.1. The van der Waals surface area contributed by atoms with Crippen LogP contribution in [0.2, 0.25) is 0 Å². The first-order valence-corrected chi connectivity index (χ1v) is 4.25. The minimum absolute atomic E-state index is 0.317. The molecule has 1 aliphatic carbocycles. The number of hydrogen-bond acceptors (Lipinski definition) is 3. The van der Waals surface area contributed by atoms with Crippen LogP contribution in [0, 0.1) is 0 Å². The van der Waals surface area contributed by atoms with Crippen LogP contribution in [-0.2, 0) is 9.53 Å². The summed E-state index contributed by atoms with van der Waals surface area (Å²) < 4.78 is 4.53. The fourth-order valence-electron chi connectivity index (χ4n) is 1.44. The van der Waals surface area contributed by atoms with Gasteiger partial charge in [-0.25, -0.2) is 0 Å². The Morgan fingerprint density at radius 2 is 2.58 bits per heavy atom. The molecule has 0 bridgehead atoms. The van der Waals surface area contributed by atoms with Crippen molar-refractivity contribution in [2.24, 2.45) is 5.73 Å². The number of nitrogens with two attached hydrogens (primary N) is 1. The summed E-state index contributed by atoms with van der Waals surface area (Å²) in [5.41, 5.74) is 6.89. The number of hydrogen-bond donors (Lipinski definition) is 1. The monoisotopic (exact) mass is 169 g/mol. The van der Waals surface area contributed by atoms with Gasteiger partial charge < -0.3 is 10.5 Å². The minimum atomic E-state index is -0.473. The molecule has 0 aromatic heterocycles. The van der Waals surface area contributed by atoms with Crippen molar-refractivity contribution in [3.63, 3.8) is 0 Å². The second-order valence-corrected chi connectivity index (χ2v) is 3.09. The van der Waals surface area contributed by atoms with Crippen molar-refractivity contribution in [1.29, 1.82) is 0 Å². The molecule has 0 fully saturated rings. The van der Waals surface area contributed by atoms with Crippen molar-refractivity contribution < 1.29 is 9.53 Å². The molecule has 0 saturated carbocycles. The van der Waals surface area contributed by atoms with Crippen LogP contribution in [0.4, 0.5) is 0 Å². The first-order chi connectivity index (χ1) is 5.74. The molecule has 3 nitrogen and oxygen atoms in total. The third kappa shape index (κ3) is 2.34. The maximum Gasteiger partial charge on any atom is 0.322 e. The first-order valence-electron chi connectivity index (χ1n) is 4.25. The molecule has 0 amide bonds. The highest BCUT2D eigenvalue weighted by Gasteiger charge is 2.16. The van der Waals surface area contributed by atoms with Gasteiger partial charge in [0.05, 0.1) is 7.11 Å². The zero-order chi connectivity index (χ0) is 8.97. The highest BCUT2D eigenvalue weighted by atomic mass is 16.5. The topological polar surface area (TPSA) is 52.3 Å². The molecule has 2 N–H and O–H groups in total. The smallest absolute Gasteiger partial charge is 0.322 e. The van der Waals surface area contributed by atoms with Gasteiger partial charge in [0.1, 0.15) is 6.04 Å². The fraction of sp³-hybridized carbons (Fsp3) is 0.667. The van der Waals surface area contributed by atoms with Crippen molar-refractivity contribution in [3.05, 3.63) is 11.6 Å². The molecule has 1 atom stereocenters. The van der Waals surface area contributed by atoms with Crippen molar-refractivity contribution >= 4 is 5.97 Å². The van der Waals surface area contributed by atoms with Gasteiger partial charge in [0.2, 0.25) is 0 Å². The maximum atomic E-state index is 10.9. The summed E-state index contributed by atoms with van der Waals surface area (Å²) in [5, 5.41) is 0. The van der Waals surface area contributed by atoms with Crippen LogP contribution in [0.25, 0.3) is 0 Å². The molecule has 0 aliphatic heterocycles. The van der Waals surface area contributed by atoms with Crippen LogP contribution in [0.15, 0.2) is 11.6 Å². The number of allylic oxidation sites excluding steroid dienone is 1. The molecule has 0 saturated heterocycles. The molecule has 0 unspecified atom stereocenters. The fourth-order valence-corrected chi connectivity index (χ4v) is 1.44. The molecule has 0 aromatic rings. The number of rotatable bonds is 3. The van der Waals surface area contributed by atoms with Crippen LogP contribution in [-0.4, -0.2) is 19.1 Å². The average Bonchev–Trinajstić information content (AvgIpc) is 2.55. The van der Waals surface area contributed by atoms with Gasteiger partial charge >= 0.3 is 5.97 Å². The lowest BCUT2D eigenvalue weighted by Crippen LogP contribution is -2.31. The van der Waals surface area contributed by atoms with Crippen LogP contribution in [0.1, 0.15) is 25.7 Å². The molecular formula is C9H15NO2. The van der Waals surface area contributed by atoms with Gasteiger partial charge in [-0.3, -0.25) is 4.79 Å². The van der Waals surface area contributed by atoms with E-state index in [1.807, 2.05) is 0 Å². The highest BCUT2D eigenvalue weighted by Crippen LogP contribution is 2.21. The Morgan fingerprint density at radius 3 is 3.08 bits per heavy atom. The van der Waals surface area contributed by atoms with Gasteiger partial charge in [0.25, 0.3) is 0 Å². The highest BCUT2D eigenvalue weighted by molar-refractivity contribution is 5.75. The Bertz CT molecular complexity index is 199. The maximum absolute atomic E-state index is 10.9. The second kappa shape index (κ2) is 4.26. The second-order valence-electron chi connectivity index (χ2n) is 3.09. The molecule has 3 heteroatoms. The van der Waals surface area contributed by atoms with E-state index in [9.17, 15) is 4.79 Å². The molecule has 0 spiro atoms. The molecule has 12 heavy (non-hydrogen) atoms. The van der Waals surface area contributed by atoms with Crippen molar-refractivity contribution in [2.45, 2.75) is 31.7 Å². The number of methoxy groups -OCH3 is 1. The molecule has 0 radical (unpaired) electrons. The van der Waals surface area contributed by atoms with E-state index in [-0.39, 0.29) is 5.97 Å².